The van der Waals surface area contributed by atoms with Gasteiger partial charge in [-0.05, 0) is 57.8 Å². The van der Waals surface area contributed by atoms with Crippen molar-refractivity contribution in [3.05, 3.63) is 24.3 Å². The molecule has 0 heterocycles. The van der Waals surface area contributed by atoms with Crippen LogP contribution in [0.1, 0.15) is 232 Å². The topological polar surface area (TPSA) is 95.9 Å². The van der Waals surface area contributed by atoms with Crippen LogP contribution in [0.2, 0.25) is 0 Å². The maximum absolute atomic E-state index is 12.3. The first kappa shape index (κ1) is 50.3. The van der Waals surface area contributed by atoms with Crippen molar-refractivity contribution in [3.63, 3.8) is 0 Å². The third-order valence-electron chi connectivity index (χ3n) is 10.2. The highest BCUT2D eigenvalue weighted by Crippen LogP contribution is 2.14. The molecule has 6 nitrogen and oxygen atoms in total. The number of carbonyl (C=O) groups is 2. The third-order valence-corrected chi connectivity index (χ3v) is 10.2. The van der Waals surface area contributed by atoms with Crippen LogP contribution in [0.3, 0.4) is 0 Å². The van der Waals surface area contributed by atoms with Gasteiger partial charge >= 0.3 is 5.97 Å². The largest absolute Gasteiger partial charge is 0.466 e. The van der Waals surface area contributed by atoms with Crippen LogP contribution in [0.5, 0.6) is 0 Å². The fourth-order valence-corrected chi connectivity index (χ4v) is 6.68. The zero-order chi connectivity index (χ0) is 38.0. The standard InChI is InChI=1S/C46H87NO5/c1-3-5-7-9-11-13-15-16-17-18-19-24-28-32-36-40-46(51)52-41-37-33-29-25-21-20-23-27-31-35-39-45(50)47-43(42-48)44(49)38-34-30-26-22-14-12-10-8-6-4-2/h16-17,34,38,43-44,48-49H,3-15,18-33,35-37,39-42H2,1-2H3,(H,47,50)/b17-16-,38-34+. The van der Waals surface area contributed by atoms with Crippen molar-refractivity contribution in [1.82, 2.24) is 5.32 Å². The van der Waals surface area contributed by atoms with Crippen molar-refractivity contribution in [2.24, 2.45) is 0 Å². The van der Waals surface area contributed by atoms with Gasteiger partial charge in [0.2, 0.25) is 5.91 Å². The number of allylic oxidation sites excluding steroid dienone is 3. The molecular formula is C46H87NO5. The molecule has 0 aromatic carbocycles. The molecule has 6 heteroatoms. The monoisotopic (exact) mass is 734 g/mol. The van der Waals surface area contributed by atoms with Crippen LogP contribution >= 0.6 is 0 Å². The average molecular weight is 734 g/mol. The maximum Gasteiger partial charge on any atom is 0.305 e. The van der Waals surface area contributed by atoms with Crippen molar-refractivity contribution in [1.29, 1.82) is 0 Å². The van der Waals surface area contributed by atoms with Gasteiger partial charge in [0.1, 0.15) is 0 Å². The molecule has 0 radical (unpaired) electrons. The van der Waals surface area contributed by atoms with Gasteiger partial charge in [-0.2, -0.15) is 0 Å². The number of unbranched alkanes of at least 4 members (excludes halogenated alkanes) is 28. The summed E-state index contributed by atoms with van der Waals surface area (Å²) < 4.78 is 5.44. The lowest BCUT2D eigenvalue weighted by Crippen LogP contribution is -2.45. The first-order valence-electron chi connectivity index (χ1n) is 22.6. The maximum atomic E-state index is 12.3. The van der Waals surface area contributed by atoms with Gasteiger partial charge in [-0.1, -0.05) is 186 Å². The summed E-state index contributed by atoms with van der Waals surface area (Å²) in [5.41, 5.74) is 0. The molecule has 0 aliphatic rings. The SMILES string of the molecule is CCCCCCCC/C=C\CCCCCCCC(=O)OCCCCCCCCCCCCC(=O)NC(CO)C(O)/C=C/CCCCCCCCCC. The molecule has 0 bridgehead atoms. The summed E-state index contributed by atoms with van der Waals surface area (Å²) in [5.74, 6) is -0.124. The first-order valence-corrected chi connectivity index (χ1v) is 22.6. The molecule has 0 fully saturated rings. The fraction of sp³-hybridized carbons (Fsp3) is 0.870. The number of ether oxygens (including phenoxy) is 1. The van der Waals surface area contributed by atoms with Gasteiger partial charge in [0.15, 0.2) is 0 Å². The van der Waals surface area contributed by atoms with Crippen molar-refractivity contribution >= 4 is 11.9 Å². The Morgan fingerprint density at radius 2 is 0.904 bits per heavy atom. The number of aliphatic hydroxyl groups excluding tert-OH is 2. The third kappa shape index (κ3) is 38.1. The van der Waals surface area contributed by atoms with E-state index in [9.17, 15) is 19.8 Å². The van der Waals surface area contributed by atoms with Crippen LogP contribution in [0, 0.1) is 0 Å². The van der Waals surface area contributed by atoms with E-state index in [1.165, 1.54) is 148 Å². The van der Waals surface area contributed by atoms with Crippen molar-refractivity contribution in [3.8, 4) is 0 Å². The molecule has 2 unspecified atom stereocenters. The minimum atomic E-state index is -0.856. The minimum absolute atomic E-state index is 0.0299. The number of hydrogen-bond donors (Lipinski definition) is 3. The van der Waals surface area contributed by atoms with Crippen LogP contribution in [-0.2, 0) is 14.3 Å². The molecule has 0 rings (SSSR count). The van der Waals surface area contributed by atoms with E-state index in [0.29, 0.717) is 19.4 Å². The van der Waals surface area contributed by atoms with E-state index >= 15 is 0 Å². The Bertz CT molecular complexity index is 813. The lowest BCUT2D eigenvalue weighted by molar-refractivity contribution is -0.143. The summed E-state index contributed by atoms with van der Waals surface area (Å²) in [6, 6.07) is -0.642. The average Bonchev–Trinajstić information content (AvgIpc) is 3.14. The quantitative estimate of drug-likeness (QED) is 0.0330. The molecule has 3 N–H and O–H groups in total. The van der Waals surface area contributed by atoms with Gasteiger partial charge < -0.3 is 20.3 Å². The van der Waals surface area contributed by atoms with Gasteiger partial charge in [-0.3, -0.25) is 9.59 Å². The Morgan fingerprint density at radius 3 is 1.37 bits per heavy atom. The molecule has 52 heavy (non-hydrogen) atoms. The van der Waals surface area contributed by atoms with Gasteiger partial charge in [0.05, 0.1) is 25.4 Å². The predicted molar refractivity (Wildman–Crippen MR) is 223 cm³/mol. The number of rotatable bonds is 41. The number of nitrogens with one attached hydrogen (secondary N) is 1. The molecule has 0 aliphatic carbocycles. The van der Waals surface area contributed by atoms with Gasteiger partial charge in [-0.25, -0.2) is 0 Å². The van der Waals surface area contributed by atoms with Crippen molar-refractivity contribution in [2.45, 2.75) is 244 Å². The predicted octanol–water partition coefficient (Wildman–Crippen LogP) is 12.8. The molecule has 2 atom stereocenters. The van der Waals surface area contributed by atoms with Crippen LogP contribution in [-0.4, -0.2) is 47.4 Å². The summed E-state index contributed by atoms with van der Waals surface area (Å²) in [6.45, 7) is 4.81. The lowest BCUT2D eigenvalue weighted by Gasteiger charge is -2.20. The second-order valence-corrected chi connectivity index (χ2v) is 15.4. The summed E-state index contributed by atoms with van der Waals surface area (Å²) in [6.07, 6.45) is 47.3. The molecule has 0 aromatic heterocycles. The van der Waals surface area contributed by atoms with Crippen LogP contribution < -0.4 is 5.32 Å². The van der Waals surface area contributed by atoms with E-state index in [0.717, 1.165) is 57.8 Å². The molecular weight excluding hydrogens is 647 g/mol. The molecule has 0 spiro atoms. The van der Waals surface area contributed by atoms with Crippen molar-refractivity contribution < 1.29 is 24.5 Å². The normalized spacial score (nSPS) is 12.9. The van der Waals surface area contributed by atoms with E-state index < -0.39 is 12.1 Å². The fourth-order valence-electron chi connectivity index (χ4n) is 6.68. The van der Waals surface area contributed by atoms with E-state index in [-0.39, 0.29) is 18.5 Å². The highest BCUT2D eigenvalue weighted by molar-refractivity contribution is 5.76. The van der Waals surface area contributed by atoms with Gasteiger partial charge in [0.25, 0.3) is 0 Å². The first-order chi connectivity index (χ1) is 25.5. The zero-order valence-corrected chi connectivity index (χ0v) is 34.5. The summed E-state index contributed by atoms with van der Waals surface area (Å²) in [4.78, 5) is 24.3. The Kier molecular flexibility index (Phi) is 40.7. The van der Waals surface area contributed by atoms with E-state index in [1.807, 2.05) is 6.08 Å². The zero-order valence-electron chi connectivity index (χ0n) is 34.5. The number of esters is 1. The minimum Gasteiger partial charge on any atom is -0.466 e. The second-order valence-electron chi connectivity index (χ2n) is 15.4. The van der Waals surface area contributed by atoms with Crippen molar-refractivity contribution in [2.75, 3.05) is 13.2 Å². The second kappa shape index (κ2) is 42.1. The summed E-state index contributed by atoms with van der Waals surface area (Å²) in [7, 11) is 0. The number of aliphatic hydroxyl groups is 2. The van der Waals surface area contributed by atoms with E-state index in [4.69, 9.17) is 4.74 Å². The molecule has 1 amide bonds. The Balaban J connectivity index is 3.51. The summed E-state index contributed by atoms with van der Waals surface area (Å²) in [5, 5.41) is 22.9. The van der Waals surface area contributed by atoms with Crippen LogP contribution in [0.25, 0.3) is 0 Å². The Morgan fingerprint density at radius 1 is 0.519 bits per heavy atom. The van der Waals surface area contributed by atoms with E-state index in [1.54, 1.807) is 6.08 Å². The summed E-state index contributed by atoms with van der Waals surface area (Å²) >= 11 is 0. The van der Waals surface area contributed by atoms with E-state index in [2.05, 4.69) is 31.3 Å². The molecule has 0 aromatic rings. The molecule has 0 saturated carbocycles. The number of hydrogen-bond acceptors (Lipinski definition) is 5. The van der Waals surface area contributed by atoms with Crippen LogP contribution in [0.4, 0.5) is 0 Å². The van der Waals surface area contributed by atoms with Gasteiger partial charge in [-0.15, -0.1) is 0 Å². The Labute approximate surface area is 322 Å². The Hall–Kier alpha value is -1.66. The van der Waals surface area contributed by atoms with Gasteiger partial charge in [0, 0.05) is 12.8 Å². The molecule has 0 aliphatic heterocycles. The molecule has 0 saturated heterocycles. The smallest absolute Gasteiger partial charge is 0.305 e. The number of amides is 1. The highest BCUT2D eigenvalue weighted by atomic mass is 16.5. The number of carbonyl (C=O) groups excluding carboxylic acids is 2. The van der Waals surface area contributed by atoms with Crippen LogP contribution in [0.15, 0.2) is 24.3 Å². The lowest BCUT2D eigenvalue weighted by atomic mass is 10.1. The molecule has 306 valence electrons. The highest BCUT2D eigenvalue weighted by Gasteiger charge is 2.18.